The Morgan fingerprint density at radius 2 is 0.571 bits per heavy atom. The molecule has 1 radical (unpaired) electrons. The zero-order valence-electron chi connectivity index (χ0n) is 6.66. The topological polar surface area (TPSA) is 161 Å². The summed E-state index contributed by atoms with van der Waals surface area (Å²) in [7, 11) is 0. The van der Waals surface area contributed by atoms with E-state index in [0.717, 1.165) is 0 Å². The van der Waals surface area contributed by atoms with Crippen LogP contribution in [0.25, 0.3) is 0 Å². The van der Waals surface area contributed by atoms with Crippen LogP contribution in [0.3, 0.4) is 0 Å². The molecule has 0 aliphatic carbocycles. The molecule has 0 atom stereocenters. The van der Waals surface area contributed by atoms with Crippen LogP contribution in [-0.2, 0) is 51.8 Å². The van der Waals surface area contributed by atoms with Crippen LogP contribution in [0.15, 0.2) is 0 Å². The minimum Gasteiger partial charge on any atom is 2.00 e. The van der Waals surface area contributed by atoms with Gasteiger partial charge in [0.15, 0.2) is 0 Å². The third-order valence-corrected chi connectivity index (χ3v) is 0. The monoisotopic (exact) mass is 355 g/mol. The van der Waals surface area contributed by atoms with Crippen LogP contribution in [0.5, 0.6) is 0 Å². The smallest absolute Gasteiger partial charge is 2.00 e. The van der Waals surface area contributed by atoms with Gasteiger partial charge in [-0.1, -0.05) is 0 Å². The molecule has 0 fully saturated rings. The molecule has 0 unspecified atom stereocenters. The second kappa shape index (κ2) is 85.2. The number of rotatable bonds is 0. The summed E-state index contributed by atoms with van der Waals surface area (Å²) in [5.74, 6) is 0. The van der Waals surface area contributed by atoms with Crippen molar-refractivity contribution in [1.29, 1.82) is 0 Å². The van der Waals surface area contributed by atoms with Gasteiger partial charge in [-0.3, -0.25) is 0 Å². The maximum Gasteiger partial charge on any atom is 2.00 e. The van der Waals surface area contributed by atoms with Gasteiger partial charge in [0.05, 0.1) is 0 Å². The Hall–Kier alpha value is 1.67. The van der Waals surface area contributed by atoms with Gasteiger partial charge in [0.25, 0.3) is 0 Å². The predicted molar refractivity (Wildman–Crippen MR) is 25.8 cm³/mol. The molecule has 0 amide bonds. The third-order valence-electron chi connectivity index (χ3n) is 0. The van der Waals surface area contributed by atoms with Gasteiger partial charge < -0.3 is 0 Å². The largest absolute Gasteiger partial charge is 2.00 e. The van der Waals surface area contributed by atoms with Crippen LogP contribution in [0.1, 0.15) is 0 Å². The first kappa shape index (κ1) is 36.1. The van der Waals surface area contributed by atoms with E-state index < -0.39 is 61.9 Å². The average Bonchev–Trinajstić information content (AvgIpc) is 1.92. The normalized spacial score (nSPS) is 2.29. The second-order valence-corrected chi connectivity index (χ2v) is 1.15. The summed E-state index contributed by atoms with van der Waals surface area (Å²) in [6.45, 7) is 0. The summed E-state index contributed by atoms with van der Waals surface area (Å²) >= 11 is -7.00. The summed E-state index contributed by atoms with van der Waals surface area (Å²) < 4.78 is 67.7. The molecule has 0 aromatic rings. The van der Waals surface area contributed by atoms with Crippen molar-refractivity contribution in [3.63, 3.8) is 0 Å². The van der Waals surface area contributed by atoms with E-state index in [1.807, 2.05) is 0 Å². The van der Waals surface area contributed by atoms with Crippen LogP contribution in [0.2, 0.25) is 0 Å². The van der Waals surface area contributed by atoms with Crippen LogP contribution in [0, 0.1) is 0 Å². The first-order valence-electron chi connectivity index (χ1n) is 1.89. The average molecular weight is 356 g/mol. The standard InChI is InChI=1S/4Al.Mn.8O.Zn/q;;;;+2;;;;;4*-1;+2. The molecule has 69 valence electrons. The molecule has 14 heavy (non-hydrogen) atoms. The van der Waals surface area contributed by atoms with E-state index in [4.69, 9.17) is 31.8 Å². The fourth-order valence-corrected chi connectivity index (χ4v) is 0. The number of hydrogen-bond donors (Lipinski definition) is 0. The van der Waals surface area contributed by atoms with Crippen molar-refractivity contribution in [1.82, 2.24) is 0 Å². The molecule has 0 N–H and O–H groups in total. The summed E-state index contributed by atoms with van der Waals surface area (Å²) in [4.78, 5) is 0. The van der Waals surface area contributed by atoms with Gasteiger partial charge in [-0.05, 0) is 0 Å². The molecule has 8 nitrogen and oxygen atoms in total. The van der Waals surface area contributed by atoms with Crippen molar-refractivity contribution >= 4 is 61.9 Å². The SMILES string of the molecule is [Mn+2].[O]=[Al][O-].[O]=[Al][O-].[O]=[Al][O-].[O]=[Al][O-].[Zn+2]. The Labute approximate surface area is 129 Å². The molecule has 0 saturated heterocycles. The van der Waals surface area contributed by atoms with Crippen molar-refractivity contribution in [2.75, 3.05) is 0 Å². The second-order valence-electron chi connectivity index (χ2n) is 0.385. The van der Waals surface area contributed by atoms with Crippen molar-refractivity contribution in [3.8, 4) is 0 Å². The summed E-state index contributed by atoms with van der Waals surface area (Å²) in [5.41, 5.74) is 0. The molecule has 0 rings (SSSR count). The van der Waals surface area contributed by atoms with E-state index in [-0.39, 0.29) is 36.5 Å². The van der Waals surface area contributed by atoms with Gasteiger partial charge >= 0.3 is 130 Å². The van der Waals surface area contributed by atoms with Gasteiger partial charge in [0.2, 0.25) is 0 Å². The van der Waals surface area contributed by atoms with E-state index in [0.29, 0.717) is 0 Å². The quantitative estimate of drug-likeness (QED) is 0.387. The molecule has 14 heteroatoms. The van der Waals surface area contributed by atoms with Crippen molar-refractivity contribution in [2.45, 2.75) is 0 Å². The molecule has 0 aromatic carbocycles. The van der Waals surface area contributed by atoms with Crippen molar-refractivity contribution < 1.29 is 68.4 Å². The Morgan fingerprint density at radius 1 is 0.571 bits per heavy atom. The van der Waals surface area contributed by atoms with E-state index >= 15 is 0 Å². The molecular weight excluding hydrogens is 356 g/mol. The Kier molecular flexibility index (Phi) is 220. The molecule has 0 saturated carbocycles. The van der Waals surface area contributed by atoms with E-state index in [9.17, 15) is 0 Å². The van der Waals surface area contributed by atoms with Gasteiger partial charge in [0.1, 0.15) is 0 Å². The maximum atomic E-state index is 8.46. The fourth-order valence-electron chi connectivity index (χ4n) is 0. The van der Waals surface area contributed by atoms with E-state index in [2.05, 4.69) is 0 Å². The first-order chi connectivity index (χ1) is 5.66. The molecule has 0 bridgehead atoms. The zero-order chi connectivity index (χ0) is 10.8. The van der Waals surface area contributed by atoms with E-state index in [1.54, 1.807) is 0 Å². The maximum absolute atomic E-state index is 8.46. The summed E-state index contributed by atoms with van der Waals surface area (Å²) in [6.07, 6.45) is 0. The summed E-state index contributed by atoms with van der Waals surface area (Å²) in [5, 5.41) is 0. The van der Waals surface area contributed by atoms with E-state index in [1.165, 1.54) is 0 Å². The van der Waals surface area contributed by atoms with Crippen LogP contribution >= 0.6 is 0 Å². The Bertz CT molecular complexity index is 75.3. The van der Waals surface area contributed by atoms with Crippen LogP contribution in [-0.4, -0.2) is 61.9 Å². The molecule has 0 aliphatic heterocycles. The summed E-state index contributed by atoms with van der Waals surface area (Å²) in [6, 6.07) is 0. The van der Waals surface area contributed by atoms with Crippen LogP contribution < -0.4 is 16.6 Å². The van der Waals surface area contributed by atoms with Gasteiger partial charge in [-0.2, -0.15) is 0 Å². The van der Waals surface area contributed by atoms with Gasteiger partial charge in [-0.25, -0.2) is 0 Å². The first-order valence-corrected chi connectivity index (χ1v) is 5.66. The zero-order valence-corrected chi connectivity index (χ0v) is 15.4. The van der Waals surface area contributed by atoms with Crippen molar-refractivity contribution in [2.24, 2.45) is 0 Å². The molecule has 0 spiro atoms. The fraction of sp³-hybridized carbons (Fsp3) is 0. The van der Waals surface area contributed by atoms with Crippen LogP contribution in [0.4, 0.5) is 0 Å². The third kappa shape index (κ3) is 785. The molecule has 0 aromatic heterocycles. The number of hydrogen-bond acceptors (Lipinski definition) is 8. The predicted octanol–water partition coefficient (Wildman–Crippen LogP) is -6.76. The molecular formula is Al4MnO8Zn. The Morgan fingerprint density at radius 3 is 0.571 bits per heavy atom. The molecule has 0 aliphatic rings. The molecule has 0 heterocycles. The Balaban J connectivity index is -0.0000000145. The van der Waals surface area contributed by atoms with Gasteiger partial charge in [-0.15, -0.1) is 0 Å². The minimum atomic E-state index is -1.75. The minimum absolute atomic E-state index is 0. The van der Waals surface area contributed by atoms with Crippen molar-refractivity contribution in [3.05, 3.63) is 0 Å². The van der Waals surface area contributed by atoms with Gasteiger partial charge in [0, 0.05) is 0 Å².